The van der Waals surface area contributed by atoms with Crippen molar-refractivity contribution in [2.45, 2.75) is 17.9 Å². The molecule has 0 saturated heterocycles. The van der Waals surface area contributed by atoms with E-state index in [1.54, 1.807) is 31.2 Å². The van der Waals surface area contributed by atoms with Crippen LogP contribution in [0.2, 0.25) is 10.0 Å². The van der Waals surface area contributed by atoms with Crippen molar-refractivity contribution in [2.24, 2.45) is 0 Å². The summed E-state index contributed by atoms with van der Waals surface area (Å²) >= 11 is 11.6. The third-order valence-electron chi connectivity index (χ3n) is 3.11. The summed E-state index contributed by atoms with van der Waals surface area (Å²) in [4.78, 5) is 9.91. The van der Waals surface area contributed by atoms with Crippen molar-refractivity contribution in [1.82, 2.24) is 4.72 Å². The number of nitrogens with zero attached hydrogens (tertiary/aromatic N) is 1. The molecular formula is C14H12Cl2N2O4S. The second kappa shape index (κ2) is 6.84. The number of nitro benzene ring substituents is 1. The second-order valence-corrected chi connectivity index (χ2v) is 7.33. The van der Waals surface area contributed by atoms with E-state index in [2.05, 4.69) is 4.72 Å². The van der Waals surface area contributed by atoms with Crippen molar-refractivity contribution < 1.29 is 13.3 Å². The molecule has 2 aromatic rings. The zero-order valence-electron chi connectivity index (χ0n) is 11.9. The summed E-state index contributed by atoms with van der Waals surface area (Å²) < 4.78 is 27.2. The van der Waals surface area contributed by atoms with Crippen molar-refractivity contribution in [3.63, 3.8) is 0 Å². The lowest BCUT2D eigenvalue weighted by Gasteiger charge is -2.15. The molecule has 0 fully saturated rings. The number of hydrogen-bond acceptors (Lipinski definition) is 4. The van der Waals surface area contributed by atoms with Crippen molar-refractivity contribution in [2.75, 3.05) is 0 Å². The Morgan fingerprint density at radius 3 is 2.48 bits per heavy atom. The van der Waals surface area contributed by atoms with E-state index >= 15 is 0 Å². The molecule has 6 nitrogen and oxygen atoms in total. The standard InChI is InChI=1S/C14H12Cl2N2O4S/c1-9(10-3-2-4-11(15)7-10)17-23(21,22)12-5-6-13(16)14(8-12)18(19)20/h2-9,17H,1H3/t9-/m1/s1. The van der Waals surface area contributed by atoms with Crippen LogP contribution in [-0.4, -0.2) is 13.3 Å². The van der Waals surface area contributed by atoms with Crippen LogP contribution < -0.4 is 4.72 Å². The Kier molecular flexibility index (Phi) is 5.26. The van der Waals surface area contributed by atoms with E-state index in [1.807, 2.05) is 0 Å². The number of rotatable bonds is 5. The van der Waals surface area contributed by atoms with Crippen LogP contribution in [0.5, 0.6) is 0 Å². The molecule has 0 amide bonds. The summed E-state index contributed by atoms with van der Waals surface area (Å²) in [6.45, 7) is 1.65. The van der Waals surface area contributed by atoms with Gasteiger partial charge >= 0.3 is 0 Å². The average Bonchev–Trinajstić information content (AvgIpc) is 2.46. The summed E-state index contributed by atoms with van der Waals surface area (Å²) in [5.41, 5.74) is 0.203. The molecule has 0 aliphatic heterocycles. The van der Waals surface area contributed by atoms with E-state index in [4.69, 9.17) is 23.2 Å². The number of halogens is 2. The van der Waals surface area contributed by atoms with Gasteiger partial charge in [-0.25, -0.2) is 13.1 Å². The first-order chi connectivity index (χ1) is 10.7. The van der Waals surface area contributed by atoms with Crippen molar-refractivity contribution in [3.8, 4) is 0 Å². The van der Waals surface area contributed by atoms with Crippen LogP contribution in [0.15, 0.2) is 47.4 Å². The van der Waals surface area contributed by atoms with E-state index < -0.39 is 26.7 Å². The Morgan fingerprint density at radius 1 is 1.17 bits per heavy atom. The molecule has 0 saturated carbocycles. The molecule has 122 valence electrons. The Hall–Kier alpha value is -1.67. The van der Waals surface area contributed by atoms with Gasteiger partial charge < -0.3 is 0 Å². The molecule has 2 aromatic carbocycles. The molecule has 0 heterocycles. The maximum atomic E-state index is 12.4. The van der Waals surface area contributed by atoms with Crippen molar-refractivity contribution in [3.05, 3.63) is 68.2 Å². The molecule has 0 spiro atoms. The van der Waals surface area contributed by atoms with E-state index in [1.165, 1.54) is 12.1 Å². The minimum Gasteiger partial charge on any atom is -0.258 e. The Labute approximate surface area is 143 Å². The maximum absolute atomic E-state index is 12.4. The quantitative estimate of drug-likeness (QED) is 0.633. The van der Waals surface area contributed by atoms with Gasteiger partial charge in [0.1, 0.15) is 5.02 Å². The van der Waals surface area contributed by atoms with Crippen LogP contribution in [0.25, 0.3) is 0 Å². The van der Waals surface area contributed by atoms with Gasteiger partial charge in [0.25, 0.3) is 5.69 Å². The number of hydrogen-bond donors (Lipinski definition) is 1. The fraction of sp³-hybridized carbons (Fsp3) is 0.143. The van der Waals surface area contributed by atoms with Gasteiger partial charge in [0.15, 0.2) is 0 Å². The monoisotopic (exact) mass is 374 g/mol. The highest BCUT2D eigenvalue weighted by Gasteiger charge is 2.22. The van der Waals surface area contributed by atoms with Gasteiger partial charge in [-0.2, -0.15) is 0 Å². The second-order valence-electron chi connectivity index (χ2n) is 4.77. The van der Waals surface area contributed by atoms with Crippen molar-refractivity contribution in [1.29, 1.82) is 0 Å². The largest absolute Gasteiger partial charge is 0.289 e. The highest BCUT2D eigenvalue weighted by atomic mass is 35.5. The molecule has 23 heavy (non-hydrogen) atoms. The minimum absolute atomic E-state index is 0.128. The smallest absolute Gasteiger partial charge is 0.258 e. The van der Waals surface area contributed by atoms with Crippen LogP contribution in [0.1, 0.15) is 18.5 Å². The zero-order chi connectivity index (χ0) is 17.2. The molecule has 0 unspecified atom stereocenters. The molecule has 0 bridgehead atoms. The number of nitro groups is 1. The first-order valence-corrected chi connectivity index (χ1v) is 8.66. The average molecular weight is 375 g/mol. The van der Waals surface area contributed by atoms with Crippen LogP contribution in [0, 0.1) is 10.1 Å². The number of nitrogens with one attached hydrogen (secondary N) is 1. The number of sulfonamides is 1. The van der Waals surface area contributed by atoms with Gasteiger partial charge in [-0.15, -0.1) is 0 Å². The molecule has 2 rings (SSSR count). The predicted octanol–water partition coefficient (Wildman–Crippen LogP) is 3.94. The first-order valence-electron chi connectivity index (χ1n) is 6.42. The summed E-state index contributed by atoms with van der Waals surface area (Å²) in [6, 6.07) is 9.50. The van der Waals surface area contributed by atoms with E-state index in [-0.39, 0.29) is 9.92 Å². The highest BCUT2D eigenvalue weighted by Crippen LogP contribution is 2.28. The third-order valence-corrected chi connectivity index (χ3v) is 5.20. The highest BCUT2D eigenvalue weighted by molar-refractivity contribution is 7.89. The predicted molar refractivity (Wildman–Crippen MR) is 88.3 cm³/mol. The molecule has 0 aromatic heterocycles. The van der Waals surface area contributed by atoms with E-state index in [0.717, 1.165) is 6.07 Å². The SMILES string of the molecule is C[C@@H](NS(=O)(=O)c1ccc(Cl)c([N+](=O)[O-])c1)c1cccc(Cl)c1. The van der Waals surface area contributed by atoms with Crippen LogP contribution >= 0.6 is 23.2 Å². The van der Waals surface area contributed by atoms with Gasteiger partial charge in [-0.05, 0) is 36.8 Å². The Balaban J connectivity index is 2.32. The summed E-state index contributed by atoms with van der Waals surface area (Å²) in [5, 5.41) is 11.2. The topological polar surface area (TPSA) is 89.3 Å². The fourth-order valence-electron chi connectivity index (χ4n) is 1.94. The molecule has 9 heteroatoms. The van der Waals surface area contributed by atoms with Gasteiger partial charge in [0.05, 0.1) is 9.82 Å². The van der Waals surface area contributed by atoms with E-state index in [0.29, 0.717) is 10.6 Å². The molecule has 1 atom stereocenters. The summed E-state index contributed by atoms with van der Waals surface area (Å²) in [6.07, 6.45) is 0. The van der Waals surface area contributed by atoms with Crippen LogP contribution in [-0.2, 0) is 10.0 Å². The van der Waals surface area contributed by atoms with Gasteiger partial charge in [0.2, 0.25) is 10.0 Å². The minimum atomic E-state index is -3.95. The molecule has 0 aliphatic rings. The van der Waals surface area contributed by atoms with Crippen molar-refractivity contribution >= 4 is 38.9 Å². The van der Waals surface area contributed by atoms with Gasteiger partial charge in [0, 0.05) is 17.1 Å². The first kappa shape index (κ1) is 17.7. The third kappa shape index (κ3) is 4.20. The maximum Gasteiger partial charge on any atom is 0.289 e. The molecule has 0 aliphatic carbocycles. The molecule has 0 radical (unpaired) electrons. The van der Waals surface area contributed by atoms with Gasteiger partial charge in [-0.1, -0.05) is 35.3 Å². The summed E-state index contributed by atoms with van der Waals surface area (Å²) in [5.74, 6) is 0. The number of benzene rings is 2. The normalized spacial score (nSPS) is 12.8. The fourth-order valence-corrected chi connectivity index (χ4v) is 3.58. The summed E-state index contributed by atoms with van der Waals surface area (Å²) in [7, 11) is -3.95. The Bertz CT molecular complexity index is 856. The molecule has 1 N–H and O–H groups in total. The van der Waals surface area contributed by atoms with Crippen LogP contribution in [0.4, 0.5) is 5.69 Å². The Morgan fingerprint density at radius 2 is 1.87 bits per heavy atom. The lowest BCUT2D eigenvalue weighted by molar-refractivity contribution is -0.384. The molecular weight excluding hydrogens is 363 g/mol. The van der Waals surface area contributed by atoms with Gasteiger partial charge in [-0.3, -0.25) is 10.1 Å². The van der Waals surface area contributed by atoms with Crippen LogP contribution in [0.3, 0.4) is 0 Å². The lowest BCUT2D eigenvalue weighted by atomic mass is 10.1. The zero-order valence-corrected chi connectivity index (χ0v) is 14.2. The van der Waals surface area contributed by atoms with E-state index in [9.17, 15) is 18.5 Å². The lowest BCUT2D eigenvalue weighted by Crippen LogP contribution is -2.27.